The van der Waals surface area contributed by atoms with Crippen molar-refractivity contribution in [2.24, 2.45) is 0 Å². The summed E-state index contributed by atoms with van der Waals surface area (Å²) in [4.78, 5) is 16.6. The van der Waals surface area contributed by atoms with Crippen molar-refractivity contribution >= 4 is 16.7 Å². The molecule has 1 heterocycles. The number of hydrogen-bond acceptors (Lipinski definition) is 6. The van der Waals surface area contributed by atoms with E-state index in [4.69, 9.17) is 18.9 Å². The minimum atomic E-state index is -0.503. The van der Waals surface area contributed by atoms with Crippen molar-refractivity contribution in [3.05, 3.63) is 48.2 Å². The molecule has 0 saturated carbocycles. The summed E-state index contributed by atoms with van der Waals surface area (Å²) in [7, 11) is 6.08. The molecular formula is C20H19NO5. The number of rotatable bonds is 5. The highest BCUT2D eigenvalue weighted by molar-refractivity contribution is 6.01. The number of benzene rings is 2. The Balaban J connectivity index is 2.30. The van der Waals surface area contributed by atoms with Gasteiger partial charge in [-0.3, -0.25) is 0 Å². The molecule has 6 heteroatoms. The monoisotopic (exact) mass is 353 g/mol. The van der Waals surface area contributed by atoms with E-state index in [2.05, 4.69) is 4.98 Å². The van der Waals surface area contributed by atoms with Gasteiger partial charge in [-0.25, -0.2) is 9.78 Å². The summed E-state index contributed by atoms with van der Waals surface area (Å²) in [6.45, 7) is 0. The predicted molar refractivity (Wildman–Crippen MR) is 98.2 cm³/mol. The van der Waals surface area contributed by atoms with Crippen LogP contribution in [0.25, 0.3) is 22.0 Å². The van der Waals surface area contributed by atoms with E-state index in [0.29, 0.717) is 17.2 Å². The summed E-state index contributed by atoms with van der Waals surface area (Å²) in [5.41, 5.74) is 1.71. The van der Waals surface area contributed by atoms with Gasteiger partial charge in [0.1, 0.15) is 11.4 Å². The number of hydrogen-bond donors (Lipinski definition) is 0. The number of esters is 1. The molecule has 0 aliphatic rings. The smallest absolute Gasteiger partial charge is 0.356 e. The Hall–Kier alpha value is -3.28. The molecule has 3 rings (SSSR count). The van der Waals surface area contributed by atoms with E-state index < -0.39 is 5.97 Å². The van der Waals surface area contributed by atoms with Crippen LogP contribution in [-0.4, -0.2) is 39.4 Å². The van der Waals surface area contributed by atoms with Crippen LogP contribution < -0.4 is 14.2 Å². The highest BCUT2D eigenvalue weighted by atomic mass is 16.5. The Bertz CT molecular complexity index is 951. The summed E-state index contributed by atoms with van der Waals surface area (Å²) >= 11 is 0. The number of nitrogens with zero attached hydrogens (tertiary/aromatic N) is 1. The lowest BCUT2D eigenvalue weighted by Crippen LogP contribution is -2.05. The molecule has 0 aliphatic heterocycles. The lowest BCUT2D eigenvalue weighted by atomic mass is 10.0. The van der Waals surface area contributed by atoms with Gasteiger partial charge < -0.3 is 18.9 Å². The number of fused-ring (bicyclic) bond motifs is 1. The second-order valence-corrected chi connectivity index (χ2v) is 5.50. The summed E-state index contributed by atoms with van der Waals surface area (Å²) in [5.74, 6) is 1.39. The molecule has 3 aromatic rings. The quantitative estimate of drug-likeness (QED) is 0.652. The molecule has 1 aromatic heterocycles. The zero-order valence-corrected chi connectivity index (χ0v) is 15.0. The molecular weight excluding hydrogens is 334 g/mol. The van der Waals surface area contributed by atoms with Gasteiger partial charge >= 0.3 is 5.97 Å². The van der Waals surface area contributed by atoms with Crippen LogP contribution in [0.5, 0.6) is 17.2 Å². The van der Waals surface area contributed by atoms with Gasteiger partial charge in [0, 0.05) is 10.9 Å². The van der Waals surface area contributed by atoms with Gasteiger partial charge in [-0.1, -0.05) is 0 Å². The Kier molecular flexibility index (Phi) is 4.93. The third-order valence-corrected chi connectivity index (χ3v) is 4.09. The topological polar surface area (TPSA) is 66.9 Å². The zero-order chi connectivity index (χ0) is 18.7. The van der Waals surface area contributed by atoms with Gasteiger partial charge in [-0.15, -0.1) is 0 Å². The number of carbonyl (C=O) groups is 1. The number of methoxy groups -OCH3 is 4. The first-order valence-corrected chi connectivity index (χ1v) is 7.90. The molecule has 26 heavy (non-hydrogen) atoms. The summed E-state index contributed by atoms with van der Waals surface area (Å²) in [6.07, 6.45) is 0. The van der Waals surface area contributed by atoms with Crippen molar-refractivity contribution < 1.29 is 23.7 Å². The molecule has 0 spiro atoms. The lowest BCUT2D eigenvalue weighted by Gasteiger charge is -2.13. The maximum atomic E-state index is 12.1. The van der Waals surface area contributed by atoms with E-state index in [1.807, 2.05) is 36.4 Å². The number of aromatic nitrogens is 1. The van der Waals surface area contributed by atoms with Crippen LogP contribution in [-0.2, 0) is 4.74 Å². The van der Waals surface area contributed by atoms with Gasteiger partial charge in [0.25, 0.3) is 0 Å². The maximum absolute atomic E-state index is 12.1. The average Bonchev–Trinajstić information content (AvgIpc) is 2.71. The molecule has 0 bridgehead atoms. The molecule has 6 nitrogen and oxygen atoms in total. The highest BCUT2D eigenvalue weighted by Gasteiger charge is 2.17. The second-order valence-electron chi connectivity index (χ2n) is 5.50. The molecule has 0 N–H and O–H groups in total. The van der Waals surface area contributed by atoms with E-state index >= 15 is 0 Å². The van der Waals surface area contributed by atoms with Crippen LogP contribution >= 0.6 is 0 Å². The first-order valence-electron chi connectivity index (χ1n) is 7.90. The Labute approximate surface area is 151 Å². The van der Waals surface area contributed by atoms with Crippen LogP contribution in [0, 0.1) is 0 Å². The fraction of sp³-hybridized carbons (Fsp3) is 0.200. The third-order valence-electron chi connectivity index (χ3n) is 4.09. The fourth-order valence-corrected chi connectivity index (χ4v) is 2.76. The van der Waals surface area contributed by atoms with Crippen LogP contribution in [0.3, 0.4) is 0 Å². The standard InChI is InChI=1S/C20H19NO5/c1-23-14-7-5-12(6-8-14)19-15-11-18(25-3)17(24-2)10-13(15)9-16(21-19)20(22)26-4/h5-11H,1-4H3. The van der Waals surface area contributed by atoms with Gasteiger partial charge in [0.05, 0.1) is 34.1 Å². The van der Waals surface area contributed by atoms with E-state index in [0.717, 1.165) is 22.1 Å². The van der Waals surface area contributed by atoms with Crippen molar-refractivity contribution in [2.75, 3.05) is 28.4 Å². The van der Waals surface area contributed by atoms with Crippen molar-refractivity contribution in [3.8, 4) is 28.5 Å². The normalized spacial score (nSPS) is 10.5. The van der Waals surface area contributed by atoms with Crippen molar-refractivity contribution in [1.82, 2.24) is 4.98 Å². The zero-order valence-electron chi connectivity index (χ0n) is 15.0. The Morgan fingerprint density at radius 3 is 2.08 bits per heavy atom. The highest BCUT2D eigenvalue weighted by Crippen LogP contribution is 2.37. The minimum Gasteiger partial charge on any atom is -0.497 e. The lowest BCUT2D eigenvalue weighted by molar-refractivity contribution is 0.0594. The molecule has 0 atom stereocenters. The van der Waals surface area contributed by atoms with Crippen LogP contribution in [0.2, 0.25) is 0 Å². The molecule has 0 amide bonds. The number of pyridine rings is 1. The first-order chi connectivity index (χ1) is 12.6. The largest absolute Gasteiger partial charge is 0.497 e. The molecule has 0 fully saturated rings. The third kappa shape index (κ3) is 3.13. The van der Waals surface area contributed by atoms with Crippen LogP contribution in [0.1, 0.15) is 10.5 Å². The maximum Gasteiger partial charge on any atom is 0.356 e. The van der Waals surface area contributed by atoms with E-state index in [1.165, 1.54) is 7.11 Å². The molecule has 2 aromatic carbocycles. The Morgan fingerprint density at radius 1 is 0.846 bits per heavy atom. The van der Waals surface area contributed by atoms with Gasteiger partial charge in [0.2, 0.25) is 0 Å². The van der Waals surface area contributed by atoms with Crippen molar-refractivity contribution in [2.45, 2.75) is 0 Å². The predicted octanol–water partition coefficient (Wildman–Crippen LogP) is 3.71. The van der Waals surface area contributed by atoms with E-state index in [1.54, 1.807) is 27.4 Å². The fourth-order valence-electron chi connectivity index (χ4n) is 2.76. The molecule has 0 saturated heterocycles. The van der Waals surface area contributed by atoms with Gasteiger partial charge in [-0.05, 0) is 47.9 Å². The van der Waals surface area contributed by atoms with E-state index in [9.17, 15) is 4.79 Å². The van der Waals surface area contributed by atoms with Gasteiger partial charge in [0.15, 0.2) is 11.5 Å². The molecule has 0 radical (unpaired) electrons. The summed E-state index contributed by atoms with van der Waals surface area (Å²) in [6, 6.07) is 12.8. The summed E-state index contributed by atoms with van der Waals surface area (Å²) in [5, 5.41) is 1.63. The summed E-state index contributed by atoms with van der Waals surface area (Å²) < 4.78 is 20.8. The van der Waals surface area contributed by atoms with E-state index in [-0.39, 0.29) is 5.69 Å². The van der Waals surface area contributed by atoms with Gasteiger partial charge in [-0.2, -0.15) is 0 Å². The second kappa shape index (κ2) is 7.31. The Morgan fingerprint density at radius 2 is 1.50 bits per heavy atom. The minimum absolute atomic E-state index is 0.220. The van der Waals surface area contributed by atoms with Crippen molar-refractivity contribution in [1.29, 1.82) is 0 Å². The number of ether oxygens (including phenoxy) is 4. The van der Waals surface area contributed by atoms with Crippen LogP contribution in [0.4, 0.5) is 0 Å². The first kappa shape index (κ1) is 17.5. The number of carbonyl (C=O) groups excluding carboxylic acids is 1. The SMILES string of the molecule is COC(=O)c1cc2cc(OC)c(OC)cc2c(-c2ccc(OC)cc2)n1. The molecule has 0 unspecified atom stereocenters. The molecule has 0 aliphatic carbocycles. The van der Waals surface area contributed by atoms with Crippen molar-refractivity contribution in [3.63, 3.8) is 0 Å². The average molecular weight is 353 g/mol. The van der Waals surface area contributed by atoms with Crippen LogP contribution in [0.15, 0.2) is 42.5 Å². The molecule has 134 valence electrons.